The Labute approximate surface area is 68.7 Å². The van der Waals surface area contributed by atoms with Gasteiger partial charge in [0.25, 0.3) is 0 Å². The minimum absolute atomic E-state index is 0.0932. The summed E-state index contributed by atoms with van der Waals surface area (Å²) in [5.74, 6) is 1.72. The predicted molar refractivity (Wildman–Crippen MR) is 46.3 cm³/mol. The van der Waals surface area contributed by atoms with E-state index in [1.54, 1.807) is 0 Å². The summed E-state index contributed by atoms with van der Waals surface area (Å²) in [5.41, 5.74) is 6.30. The van der Waals surface area contributed by atoms with Crippen molar-refractivity contribution in [1.29, 1.82) is 0 Å². The van der Waals surface area contributed by atoms with Gasteiger partial charge in [-0.15, -0.1) is 0 Å². The lowest BCUT2D eigenvalue weighted by atomic mass is 9.86. The Morgan fingerprint density at radius 3 is 2.45 bits per heavy atom. The molecule has 0 aromatic carbocycles. The molecule has 0 radical (unpaired) electrons. The van der Waals surface area contributed by atoms with Crippen molar-refractivity contribution in [2.75, 3.05) is 20.1 Å². The van der Waals surface area contributed by atoms with Crippen molar-refractivity contribution in [1.82, 2.24) is 4.90 Å². The monoisotopic (exact) mass is 154 g/mol. The van der Waals surface area contributed by atoms with Gasteiger partial charge in [0.15, 0.2) is 0 Å². The topological polar surface area (TPSA) is 29.3 Å². The quantitative estimate of drug-likeness (QED) is 0.601. The van der Waals surface area contributed by atoms with Gasteiger partial charge in [-0.1, -0.05) is 0 Å². The first-order chi connectivity index (χ1) is 5.09. The van der Waals surface area contributed by atoms with Gasteiger partial charge in [0.1, 0.15) is 0 Å². The summed E-state index contributed by atoms with van der Waals surface area (Å²) in [6.07, 6.45) is 2.84. The van der Waals surface area contributed by atoms with Crippen LogP contribution in [0.5, 0.6) is 0 Å². The van der Waals surface area contributed by atoms with E-state index in [1.165, 1.54) is 19.4 Å². The Bertz CT molecular complexity index is 161. The zero-order valence-corrected chi connectivity index (χ0v) is 7.51. The first-order valence-electron chi connectivity index (χ1n) is 4.57. The second kappa shape index (κ2) is 2.20. The zero-order valence-electron chi connectivity index (χ0n) is 7.51. The average molecular weight is 154 g/mol. The lowest BCUT2D eigenvalue weighted by Crippen LogP contribution is -2.45. The largest absolute Gasteiger partial charge is 0.324 e. The fourth-order valence-electron chi connectivity index (χ4n) is 2.49. The molecule has 1 heterocycles. The molecule has 2 aliphatic rings. The molecule has 1 saturated carbocycles. The summed E-state index contributed by atoms with van der Waals surface area (Å²) in [7, 11) is 2.17. The Morgan fingerprint density at radius 1 is 1.45 bits per heavy atom. The van der Waals surface area contributed by atoms with E-state index in [9.17, 15) is 0 Å². The van der Waals surface area contributed by atoms with E-state index in [4.69, 9.17) is 5.73 Å². The molecule has 0 unspecified atom stereocenters. The SMILES string of the molecule is CN1C[C@H](C2CC2)[C@](C)(N)C1. The molecule has 0 aromatic rings. The highest BCUT2D eigenvalue weighted by Gasteiger charge is 2.46. The maximum Gasteiger partial charge on any atom is 0.0298 e. The van der Waals surface area contributed by atoms with E-state index in [2.05, 4.69) is 18.9 Å². The van der Waals surface area contributed by atoms with Gasteiger partial charge in [0.2, 0.25) is 0 Å². The van der Waals surface area contributed by atoms with Crippen LogP contribution in [0.3, 0.4) is 0 Å². The molecule has 2 heteroatoms. The second-order valence-corrected chi connectivity index (χ2v) is 4.65. The molecule has 1 aliphatic carbocycles. The Kier molecular flexibility index (Phi) is 1.52. The third kappa shape index (κ3) is 1.30. The molecule has 1 saturated heterocycles. The third-order valence-corrected chi connectivity index (χ3v) is 3.16. The van der Waals surface area contributed by atoms with E-state index in [1.807, 2.05) is 0 Å². The van der Waals surface area contributed by atoms with Gasteiger partial charge < -0.3 is 10.6 Å². The van der Waals surface area contributed by atoms with Crippen LogP contribution in [0.1, 0.15) is 19.8 Å². The van der Waals surface area contributed by atoms with Crippen molar-refractivity contribution in [2.45, 2.75) is 25.3 Å². The fourth-order valence-corrected chi connectivity index (χ4v) is 2.49. The maximum atomic E-state index is 6.21. The van der Waals surface area contributed by atoms with Crippen molar-refractivity contribution < 1.29 is 0 Å². The van der Waals surface area contributed by atoms with Gasteiger partial charge in [-0.25, -0.2) is 0 Å². The molecule has 11 heavy (non-hydrogen) atoms. The second-order valence-electron chi connectivity index (χ2n) is 4.65. The van der Waals surface area contributed by atoms with Crippen molar-refractivity contribution in [3.05, 3.63) is 0 Å². The van der Waals surface area contributed by atoms with Gasteiger partial charge in [0, 0.05) is 18.6 Å². The van der Waals surface area contributed by atoms with Crippen LogP contribution in [0.25, 0.3) is 0 Å². The van der Waals surface area contributed by atoms with Gasteiger partial charge in [-0.2, -0.15) is 0 Å². The highest BCUT2D eigenvalue weighted by Crippen LogP contribution is 2.44. The molecule has 64 valence electrons. The fraction of sp³-hybridized carbons (Fsp3) is 1.00. The first kappa shape index (κ1) is 7.56. The highest BCUT2D eigenvalue weighted by atomic mass is 15.2. The van der Waals surface area contributed by atoms with Crippen molar-refractivity contribution in [3.63, 3.8) is 0 Å². The number of rotatable bonds is 1. The summed E-state index contributed by atoms with van der Waals surface area (Å²) >= 11 is 0. The van der Waals surface area contributed by atoms with Crippen LogP contribution < -0.4 is 5.73 Å². The molecule has 2 N–H and O–H groups in total. The number of nitrogens with zero attached hydrogens (tertiary/aromatic N) is 1. The van der Waals surface area contributed by atoms with E-state index in [0.29, 0.717) is 0 Å². The molecule has 2 rings (SSSR count). The number of nitrogens with two attached hydrogens (primary N) is 1. The molecular weight excluding hydrogens is 136 g/mol. The molecule has 0 bridgehead atoms. The average Bonchev–Trinajstić information content (AvgIpc) is 2.59. The normalized spacial score (nSPS) is 46.6. The van der Waals surface area contributed by atoms with E-state index in [0.717, 1.165) is 18.4 Å². The van der Waals surface area contributed by atoms with Crippen LogP contribution in [0.4, 0.5) is 0 Å². The van der Waals surface area contributed by atoms with Crippen LogP contribution in [0.15, 0.2) is 0 Å². The molecule has 0 aromatic heterocycles. The molecule has 2 atom stereocenters. The van der Waals surface area contributed by atoms with Crippen LogP contribution >= 0.6 is 0 Å². The molecular formula is C9H18N2. The van der Waals surface area contributed by atoms with Gasteiger partial charge in [0.05, 0.1) is 0 Å². The Balaban J connectivity index is 2.07. The van der Waals surface area contributed by atoms with Crippen molar-refractivity contribution in [2.24, 2.45) is 17.6 Å². The van der Waals surface area contributed by atoms with E-state index < -0.39 is 0 Å². The summed E-state index contributed by atoms with van der Waals surface area (Å²) in [6.45, 7) is 4.51. The Hall–Kier alpha value is -0.0800. The molecule has 0 amide bonds. The smallest absolute Gasteiger partial charge is 0.0298 e. The van der Waals surface area contributed by atoms with Crippen molar-refractivity contribution >= 4 is 0 Å². The molecule has 0 spiro atoms. The summed E-state index contributed by atoms with van der Waals surface area (Å²) in [5, 5.41) is 0. The van der Waals surface area contributed by atoms with Crippen molar-refractivity contribution in [3.8, 4) is 0 Å². The highest BCUT2D eigenvalue weighted by molar-refractivity contribution is 5.02. The minimum Gasteiger partial charge on any atom is -0.324 e. The van der Waals surface area contributed by atoms with Gasteiger partial charge in [-0.3, -0.25) is 0 Å². The zero-order chi connectivity index (χ0) is 8.06. The predicted octanol–water partition coefficient (Wildman–Crippen LogP) is 0.675. The maximum absolute atomic E-state index is 6.21. The Morgan fingerprint density at radius 2 is 2.09 bits per heavy atom. The van der Waals surface area contributed by atoms with Crippen LogP contribution in [-0.4, -0.2) is 30.6 Å². The summed E-state index contributed by atoms with van der Waals surface area (Å²) in [4.78, 5) is 2.36. The number of hydrogen-bond donors (Lipinski definition) is 1. The number of likely N-dealkylation sites (N-methyl/N-ethyl adjacent to an activating group) is 1. The lowest BCUT2D eigenvalue weighted by molar-refractivity contribution is 0.338. The van der Waals surface area contributed by atoms with Gasteiger partial charge in [-0.05, 0) is 38.6 Å². The molecule has 1 aliphatic heterocycles. The summed E-state index contributed by atoms with van der Waals surface area (Å²) in [6, 6.07) is 0. The molecule has 2 nitrogen and oxygen atoms in total. The lowest BCUT2D eigenvalue weighted by Gasteiger charge is -2.25. The van der Waals surface area contributed by atoms with Crippen LogP contribution in [0, 0.1) is 11.8 Å². The summed E-state index contributed by atoms with van der Waals surface area (Å²) < 4.78 is 0. The van der Waals surface area contributed by atoms with Crippen LogP contribution in [0.2, 0.25) is 0 Å². The van der Waals surface area contributed by atoms with E-state index >= 15 is 0 Å². The van der Waals surface area contributed by atoms with Gasteiger partial charge >= 0.3 is 0 Å². The molecule has 2 fully saturated rings. The first-order valence-corrected chi connectivity index (χ1v) is 4.57. The third-order valence-electron chi connectivity index (χ3n) is 3.16. The number of hydrogen-bond acceptors (Lipinski definition) is 2. The number of likely N-dealkylation sites (tertiary alicyclic amines) is 1. The van der Waals surface area contributed by atoms with E-state index in [-0.39, 0.29) is 5.54 Å². The standard InChI is InChI=1S/C9H18N2/c1-9(10)6-11(2)5-8(9)7-3-4-7/h7-8H,3-6,10H2,1-2H3/t8-,9-/m1/s1. The minimum atomic E-state index is 0.0932. The van der Waals surface area contributed by atoms with Crippen LogP contribution in [-0.2, 0) is 0 Å².